The molecular formula is C22H19FN4O3S. The normalized spacial score (nSPS) is 18.4. The van der Waals surface area contributed by atoms with E-state index in [1.165, 1.54) is 35.1 Å². The summed E-state index contributed by atoms with van der Waals surface area (Å²) in [5, 5.41) is 2.51. The molecule has 0 spiro atoms. The lowest BCUT2D eigenvalue weighted by Crippen LogP contribution is -2.32. The number of nitrogens with two attached hydrogens (primary N) is 1. The van der Waals surface area contributed by atoms with E-state index >= 15 is 0 Å². The molecule has 1 aromatic heterocycles. The van der Waals surface area contributed by atoms with Gasteiger partial charge in [0.2, 0.25) is 11.8 Å². The number of halogens is 1. The van der Waals surface area contributed by atoms with Gasteiger partial charge in [-0.25, -0.2) is 14.3 Å². The molecule has 2 atom stereocenters. The van der Waals surface area contributed by atoms with Crippen LogP contribution in [-0.2, 0) is 9.59 Å². The summed E-state index contributed by atoms with van der Waals surface area (Å²) in [6, 6.07) is 15.5. The minimum Gasteiger partial charge on any atom is -0.448 e. The molecule has 0 radical (unpaired) electrons. The van der Waals surface area contributed by atoms with E-state index in [2.05, 4.69) is 10.3 Å². The number of carbonyl (C=O) groups excluding carboxylic acids is 2. The summed E-state index contributed by atoms with van der Waals surface area (Å²) in [5.41, 5.74) is 7.27. The van der Waals surface area contributed by atoms with Crippen molar-refractivity contribution < 1.29 is 18.4 Å². The number of carbonyl (C=O) groups is 2. The summed E-state index contributed by atoms with van der Waals surface area (Å²) < 4.78 is 19.0. The number of amidine groups is 1. The molecular weight excluding hydrogens is 419 g/mol. The topological polar surface area (TPSA) is 101 Å². The summed E-state index contributed by atoms with van der Waals surface area (Å²) >= 11 is 1.24. The van der Waals surface area contributed by atoms with E-state index < -0.39 is 17.1 Å². The van der Waals surface area contributed by atoms with Gasteiger partial charge in [-0.2, -0.15) is 0 Å². The van der Waals surface area contributed by atoms with Gasteiger partial charge in [0.05, 0.1) is 18.0 Å². The van der Waals surface area contributed by atoms with Gasteiger partial charge >= 0.3 is 0 Å². The SMILES string of the molecule is C[C@H](N)C(=O)Nc1ccc(C2SC(=Nc3cccc(F)c3)N(c3ccco3)C2=O)cc1. The Labute approximate surface area is 182 Å². The van der Waals surface area contributed by atoms with Crippen LogP contribution in [0.3, 0.4) is 0 Å². The van der Waals surface area contributed by atoms with Gasteiger partial charge in [0, 0.05) is 11.8 Å². The van der Waals surface area contributed by atoms with E-state index in [0.717, 1.165) is 5.56 Å². The van der Waals surface area contributed by atoms with Crippen molar-refractivity contribution in [3.63, 3.8) is 0 Å². The van der Waals surface area contributed by atoms with Gasteiger partial charge in [-0.3, -0.25) is 9.59 Å². The first kappa shape index (κ1) is 20.8. The van der Waals surface area contributed by atoms with Crippen LogP contribution in [0.2, 0.25) is 0 Å². The quantitative estimate of drug-likeness (QED) is 0.621. The summed E-state index contributed by atoms with van der Waals surface area (Å²) in [7, 11) is 0. The maximum atomic E-state index is 13.6. The van der Waals surface area contributed by atoms with Crippen molar-refractivity contribution >= 4 is 46.0 Å². The van der Waals surface area contributed by atoms with Crippen molar-refractivity contribution in [3.8, 4) is 0 Å². The van der Waals surface area contributed by atoms with Crippen LogP contribution in [0.1, 0.15) is 17.7 Å². The Morgan fingerprint density at radius 3 is 2.65 bits per heavy atom. The molecule has 4 rings (SSSR count). The maximum absolute atomic E-state index is 13.6. The maximum Gasteiger partial charge on any atom is 0.253 e. The number of hydrogen-bond acceptors (Lipinski definition) is 6. The zero-order valence-electron chi connectivity index (χ0n) is 16.5. The van der Waals surface area contributed by atoms with Crippen LogP contribution in [0.4, 0.5) is 21.6 Å². The Bertz CT molecular complexity index is 1130. The fraction of sp³-hybridized carbons (Fsp3) is 0.136. The second-order valence-electron chi connectivity index (χ2n) is 6.90. The molecule has 1 fully saturated rings. The molecule has 7 nitrogen and oxygen atoms in total. The van der Waals surface area contributed by atoms with E-state index in [9.17, 15) is 14.0 Å². The minimum atomic E-state index is -0.630. The number of nitrogens with one attached hydrogen (secondary N) is 1. The highest BCUT2D eigenvalue weighted by Crippen LogP contribution is 2.43. The van der Waals surface area contributed by atoms with Gasteiger partial charge in [0.1, 0.15) is 11.1 Å². The molecule has 1 aliphatic heterocycles. The largest absolute Gasteiger partial charge is 0.448 e. The van der Waals surface area contributed by atoms with Crippen LogP contribution in [0.5, 0.6) is 0 Å². The number of anilines is 2. The predicted molar refractivity (Wildman–Crippen MR) is 119 cm³/mol. The number of hydrogen-bond donors (Lipinski definition) is 2. The molecule has 2 heterocycles. The van der Waals surface area contributed by atoms with Crippen LogP contribution < -0.4 is 16.0 Å². The van der Waals surface area contributed by atoms with Gasteiger partial charge in [0.15, 0.2) is 5.17 Å². The Balaban J connectivity index is 1.64. The van der Waals surface area contributed by atoms with Gasteiger partial charge in [-0.15, -0.1) is 0 Å². The first-order chi connectivity index (χ1) is 14.9. The van der Waals surface area contributed by atoms with E-state index in [1.807, 2.05) is 0 Å². The van der Waals surface area contributed by atoms with E-state index in [0.29, 0.717) is 22.4 Å². The van der Waals surface area contributed by atoms with Crippen LogP contribution in [-0.4, -0.2) is 23.0 Å². The number of amides is 2. The fourth-order valence-corrected chi connectivity index (χ4v) is 4.11. The average Bonchev–Trinajstić information content (AvgIpc) is 3.36. The molecule has 1 aliphatic rings. The molecule has 158 valence electrons. The predicted octanol–water partition coefficient (Wildman–Crippen LogP) is 4.21. The second kappa shape index (κ2) is 8.75. The van der Waals surface area contributed by atoms with Crippen molar-refractivity contribution in [1.82, 2.24) is 0 Å². The van der Waals surface area contributed by atoms with E-state index in [1.54, 1.807) is 55.5 Å². The average molecular weight is 438 g/mol. The van der Waals surface area contributed by atoms with E-state index in [4.69, 9.17) is 10.2 Å². The van der Waals surface area contributed by atoms with Crippen LogP contribution in [0, 0.1) is 5.82 Å². The number of benzene rings is 2. The van der Waals surface area contributed by atoms with Crippen molar-refractivity contribution in [2.45, 2.75) is 18.2 Å². The van der Waals surface area contributed by atoms with Crippen molar-refractivity contribution in [2.75, 3.05) is 10.2 Å². The lowest BCUT2D eigenvalue weighted by atomic mass is 10.1. The molecule has 0 bridgehead atoms. The number of aliphatic imine (C=N–C) groups is 1. The first-order valence-corrected chi connectivity index (χ1v) is 10.3. The summed E-state index contributed by atoms with van der Waals surface area (Å²) in [6.45, 7) is 1.60. The summed E-state index contributed by atoms with van der Waals surface area (Å²) in [5.74, 6) is -0.618. The standard InChI is InChI=1S/C22H19FN4O3S/c1-13(24)20(28)25-16-9-7-14(8-10-16)19-21(29)27(18-6-3-11-30-18)22(31-19)26-17-5-2-4-15(23)12-17/h2-13,19H,24H2,1H3,(H,25,28)/t13-,19?/m0/s1. The number of furan rings is 1. The van der Waals surface area contributed by atoms with Crippen molar-refractivity contribution in [2.24, 2.45) is 10.7 Å². The zero-order chi connectivity index (χ0) is 22.0. The number of rotatable bonds is 5. The molecule has 3 aromatic rings. The zero-order valence-corrected chi connectivity index (χ0v) is 17.3. The van der Waals surface area contributed by atoms with Crippen LogP contribution in [0.25, 0.3) is 0 Å². The lowest BCUT2D eigenvalue weighted by molar-refractivity contribution is -0.117. The van der Waals surface area contributed by atoms with Gasteiger partial charge in [-0.1, -0.05) is 30.0 Å². The monoisotopic (exact) mass is 438 g/mol. The second-order valence-corrected chi connectivity index (χ2v) is 7.97. The summed E-state index contributed by atoms with van der Waals surface area (Å²) in [6.07, 6.45) is 1.47. The van der Waals surface area contributed by atoms with Crippen molar-refractivity contribution in [3.05, 3.63) is 78.3 Å². The highest BCUT2D eigenvalue weighted by Gasteiger charge is 2.41. The van der Waals surface area contributed by atoms with Crippen molar-refractivity contribution in [1.29, 1.82) is 0 Å². The fourth-order valence-electron chi connectivity index (χ4n) is 2.96. The molecule has 2 aromatic carbocycles. The number of thioether (sulfide) groups is 1. The molecule has 0 aliphatic carbocycles. The van der Waals surface area contributed by atoms with E-state index in [-0.39, 0.29) is 11.8 Å². The molecule has 0 saturated carbocycles. The first-order valence-electron chi connectivity index (χ1n) is 9.47. The molecule has 3 N–H and O–H groups in total. The Hall–Kier alpha value is -3.43. The highest BCUT2D eigenvalue weighted by molar-refractivity contribution is 8.15. The third kappa shape index (κ3) is 4.52. The molecule has 1 saturated heterocycles. The molecule has 1 unspecified atom stereocenters. The minimum absolute atomic E-state index is 0.234. The van der Waals surface area contributed by atoms with Gasteiger partial charge < -0.3 is 15.5 Å². The molecule has 31 heavy (non-hydrogen) atoms. The Morgan fingerprint density at radius 1 is 1.23 bits per heavy atom. The van der Waals surface area contributed by atoms with Crippen LogP contribution in [0.15, 0.2) is 76.3 Å². The van der Waals surface area contributed by atoms with Gasteiger partial charge in [0.25, 0.3) is 5.91 Å². The van der Waals surface area contributed by atoms with Crippen LogP contribution >= 0.6 is 11.8 Å². The third-order valence-electron chi connectivity index (χ3n) is 4.51. The lowest BCUT2D eigenvalue weighted by Gasteiger charge is -2.13. The molecule has 2 amide bonds. The Morgan fingerprint density at radius 2 is 2.00 bits per heavy atom. The number of nitrogens with zero attached hydrogens (tertiary/aromatic N) is 2. The highest BCUT2D eigenvalue weighted by atomic mass is 32.2. The van der Waals surface area contributed by atoms with Gasteiger partial charge in [-0.05, 0) is 48.9 Å². The molecule has 9 heteroatoms. The Kier molecular flexibility index (Phi) is 5.88. The summed E-state index contributed by atoms with van der Waals surface area (Å²) in [4.78, 5) is 30.8. The smallest absolute Gasteiger partial charge is 0.253 e. The third-order valence-corrected chi connectivity index (χ3v) is 5.71.